The van der Waals surface area contributed by atoms with Gasteiger partial charge in [0.15, 0.2) is 11.5 Å². The van der Waals surface area contributed by atoms with Crippen molar-refractivity contribution in [3.05, 3.63) is 60.2 Å². The smallest absolute Gasteiger partial charge is 0.231 e. The van der Waals surface area contributed by atoms with E-state index < -0.39 is 0 Å². The number of benzene rings is 2. The number of rotatable bonds is 3. The third-order valence-electron chi connectivity index (χ3n) is 4.09. The van der Waals surface area contributed by atoms with Crippen LogP contribution in [0.4, 0.5) is 11.5 Å². The predicted octanol–water partition coefficient (Wildman–Crippen LogP) is 5.25. The van der Waals surface area contributed by atoms with Gasteiger partial charge in [-0.3, -0.25) is 0 Å². The molecule has 5 rings (SSSR count). The Morgan fingerprint density at radius 1 is 0.962 bits per heavy atom. The molecule has 0 unspecified atom stereocenters. The van der Waals surface area contributed by atoms with E-state index in [0.717, 1.165) is 44.3 Å². The molecule has 2 aromatic carbocycles. The summed E-state index contributed by atoms with van der Waals surface area (Å²) in [7, 11) is 0. The van der Waals surface area contributed by atoms with E-state index in [1.165, 1.54) is 0 Å². The van der Waals surface area contributed by atoms with Crippen LogP contribution >= 0.6 is 23.7 Å². The largest absolute Gasteiger partial charge is 0.454 e. The second-order valence-corrected chi connectivity index (χ2v) is 6.47. The van der Waals surface area contributed by atoms with E-state index in [2.05, 4.69) is 32.8 Å². The van der Waals surface area contributed by atoms with Crippen molar-refractivity contribution in [2.75, 3.05) is 12.1 Å². The van der Waals surface area contributed by atoms with Crippen LogP contribution in [-0.4, -0.2) is 16.8 Å². The summed E-state index contributed by atoms with van der Waals surface area (Å²) >= 11 is 1.62. The van der Waals surface area contributed by atoms with E-state index in [1.807, 2.05) is 36.4 Å². The van der Waals surface area contributed by atoms with Crippen LogP contribution in [0.25, 0.3) is 21.3 Å². The van der Waals surface area contributed by atoms with Crippen molar-refractivity contribution >= 4 is 45.5 Å². The van der Waals surface area contributed by atoms with Gasteiger partial charge in [0.25, 0.3) is 0 Å². The summed E-state index contributed by atoms with van der Waals surface area (Å²) in [5.41, 5.74) is 3.18. The molecule has 0 radical (unpaired) electrons. The second-order valence-electron chi connectivity index (χ2n) is 5.61. The Labute approximate surface area is 160 Å². The maximum absolute atomic E-state index is 5.45. The maximum Gasteiger partial charge on any atom is 0.231 e. The van der Waals surface area contributed by atoms with Gasteiger partial charge < -0.3 is 14.8 Å². The third kappa shape index (κ3) is 2.83. The Kier molecular flexibility index (Phi) is 4.36. The topological polar surface area (TPSA) is 56.3 Å². The van der Waals surface area contributed by atoms with Crippen LogP contribution in [0.15, 0.2) is 60.2 Å². The Bertz CT molecular complexity index is 1070. The van der Waals surface area contributed by atoms with Gasteiger partial charge >= 0.3 is 0 Å². The molecule has 0 amide bonds. The molecule has 0 saturated heterocycles. The molecule has 0 atom stereocenters. The zero-order valence-corrected chi connectivity index (χ0v) is 15.1. The Morgan fingerprint density at radius 3 is 2.69 bits per heavy atom. The molecule has 0 saturated carbocycles. The average molecular weight is 384 g/mol. The maximum atomic E-state index is 5.45. The van der Waals surface area contributed by atoms with Crippen LogP contribution in [0.3, 0.4) is 0 Å². The molecular formula is C19H14ClN3O2S. The highest BCUT2D eigenvalue weighted by Crippen LogP contribution is 2.39. The minimum Gasteiger partial charge on any atom is -0.454 e. The zero-order chi connectivity index (χ0) is 16.6. The monoisotopic (exact) mass is 383 g/mol. The standard InChI is InChI=1S/C19H13N3O2S.ClH/c1-2-4-12(5-3-1)14-9-25-19-17(14)18(20-10-21-19)22-13-6-7-15-16(8-13)24-11-23-15;/h1-10H,11H2,(H,20,21,22);1H. The van der Waals surface area contributed by atoms with Crippen LogP contribution in [0.2, 0.25) is 0 Å². The average Bonchev–Trinajstić information content (AvgIpc) is 3.29. The number of thiophene rings is 1. The lowest BCUT2D eigenvalue weighted by atomic mass is 10.1. The van der Waals surface area contributed by atoms with Crippen molar-refractivity contribution in [1.82, 2.24) is 9.97 Å². The molecule has 2 aromatic heterocycles. The molecule has 0 aliphatic carbocycles. The molecule has 5 nitrogen and oxygen atoms in total. The minimum atomic E-state index is 0. The van der Waals surface area contributed by atoms with Gasteiger partial charge in [0.2, 0.25) is 6.79 Å². The SMILES string of the molecule is Cl.c1ccc(-c2csc3ncnc(Nc4ccc5c(c4)OCO5)c23)cc1. The first kappa shape index (κ1) is 16.6. The van der Waals surface area contributed by atoms with E-state index in [4.69, 9.17) is 9.47 Å². The fraction of sp³-hybridized carbons (Fsp3) is 0.0526. The number of hydrogen-bond acceptors (Lipinski definition) is 6. The summed E-state index contributed by atoms with van der Waals surface area (Å²) in [6.07, 6.45) is 1.59. The fourth-order valence-corrected chi connectivity index (χ4v) is 3.83. The summed E-state index contributed by atoms with van der Waals surface area (Å²) in [6.45, 7) is 0.263. The normalized spacial score (nSPS) is 12.0. The van der Waals surface area contributed by atoms with Crippen LogP contribution in [0.5, 0.6) is 11.5 Å². The lowest BCUT2D eigenvalue weighted by Crippen LogP contribution is -1.95. The third-order valence-corrected chi connectivity index (χ3v) is 4.98. The molecule has 26 heavy (non-hydrogen) atoms. The number of nitrogens with zero attached hydrogens (tertiary/aromatic N) is 2. The van der Waals surface area contributed by atoms with E-state index in [1.54, 1.807) is 17.7 Å². The predicted molar refractivity (Wildman–Crippen MR) is 106 cm³/mol. The number of fused-ring (bicyclic) bond motifs is 2. The fourth-order valence-electron chi connectivity index (χ4n) is 2.91. The van der Waals surface area contributed by atoms with Gasteiger partial charge in [-0.15, -0.1) is 23.7 Å². The summed E-state index contributed by atoms with van der Waals surface area (Å²) in [6, 6.07) is 16.1. The van der Waals surface area contributed by atoms with Crippen LogP contribution < -0.4 is 14.8 Å². The van der Waals surface area contributed by atoms with Crippen molar-refractivity contribution in [3.63, 3.8) is 0 Å². The highest BCUT2D eigenvalue weighted by Gasteiger charge is 2.16. The van der Waals surface area contributed by atoms with Crippen LogP contribution in [0.1, 0.15) is 0 Å². The number of aromatic nitrogens is 2. The summed E-state index contributed by atoms with van der Waals surface area (Å²) < 4.78 is 10.8. The number of hydrogen-bond donors (Lipinski definition) is 1. The Hall–Kier alpha value is -2.83. The number of nitrogens with one attached hydrogen (secondary N) is 1. The lowest BCUT2D eigenvalue weighted by molar-refractivity contribution is 0.174. The first-order chi connectivity index (χ1) is 12.4. The van der Waals surface area contributed by atoms with Crippen molar-refractivity contribution in [2.24, 2.45) is 0 Å². The first-order valence-electron chi connectivity index (χ1n) is 7.83. The lowest BCUT2D eigenvalue weighted by Gasteiger charge is -2.09. The highest BCUT2D eigenvalue weighted by molar-refractivity contribution is 7.17. The van der Waals surface area contributed by atoms with E-state index >= 15 is 0 Å². The van der Waals surface area contributed by atoms with E-state index in [0.29, 0.717) is 0 Å². The van der Waals surface area contributed by atoms with E-state index in [-0.39, 0.29) is 19.2 Å². The summed E-state index contributed by atoms with van der Waals surface area (Å²) in [5, 5.41) is 6.54. The molecular weight excluding hydrogens is 370 g/mol. The van der Waals surface area contributed by atoms with Crippen LogP contribution in [-0.2, 0) is 0 Å². The molecule has 130 valence electrons. The van der Waals surface area contributed by atoms with Gasteiger partial charge in [0.1, 0.15) is 17.0 Å². The zero-order valence-electron chi connectivity index (χ0n) is 13.5. The minimum absolute atomic E-state index is 0. The quantitative estimate of drug-likeness (QED) is 0.523. The molecule has 1 aliphatic rings. The van der Waals surface area contributed by atoms with Crippen molar-refractivity contribution in [2.45, 2.75) is 0 Å². The van der Waals surface area contributed by atoms with Crippen molar-refractivity contribution in [3.8, 4) is 22.6 Å². The second kappa shape index (κ2) is 6.82. The van der Waals surface area contributed by atoms with Gasteiger partial charge in [0.05, 0.1) is 5.39 Å². The van der Waals surface area contributed by atoms with Gasteiger partial charge in [-0.1, -0.05) is 30.3 Å². The first-order valence-corrected chi connectivity index (χ1v) is 8.71. The Balaban J connectivity index is 0.00000168. The highest BCUT2D eigenvalue weighted by atomic mass is 35.5. The molecule has 0 spiro atoms. The summed E-state index contributed by atoms with van der Waals surface area (Å²) in [4.78, 5) is 9.83. The Morgan fingerprint density at radius 2 is 1.81 bits per heavy atom. The number of ether oxygens (including phenoxy) is 2. The van der Waals surface area contributed by atoms with E-state index in [9.17, 15) is 0 Å². The number of anilines is 2. The molecule has 4 aromatic rings. The summed E-state index contributed by atoms with van der Waals surface area (Å²) in [5.74, 6) is 2.28. The van der Waals surface area contributed by atoms with Crippen molar-refractivity contribution < 1.29 is 9.47 Å². The number of halogens is 1. The van der Waals surface area contributed by atoms with Crippen LogP contribution in [0, 0.1) is 0 Å². The van der Waals surface area contributed by atoms with Crippen molar-refractivity contribution in [1.29, 1.82) is 0 Å². The molecule has 7 heteroatoms. The molecule has 0 bridgehead atoms. The molecule has 3 heterocycles. The van der Waals surface area contributed by atoms with Gasteiger partial charge in [-0.25, -0.2) is 9.97 Å². The molecule has 1 N–H and O–H groups in total. The van der Waals surface area contributed by atoms with Gasteiger partial charge in [0, 0.05) is 22.7 Å². The molecule has 0 fully saturated rings. The van der Waals surface area contributed by atoms with Gasteiger partial charge in [-0.2, -0.15) is 0 Å². The molecule has 1 aliphatic heterocycles. The van der Waals surface area contributed by atoms with Gasteiger partial charge in [-0.05, 0) is 17.7 Å².